The third-order valence-electron chi connectivity index (χ3n) is 3.73. The number of H-pyrrole nitrogens is 1. The number of nitrogens with one attached hydrogen (secondary N) is 2. The molecule has 4 aromatic heterocycles. The van der Waals surface area contributed by atoms with Crippen molar-refractivity contribution in [2.45, 2.75) is 6.92 Å². The minimum Gasteiger partial charge on any atom is -0.351 e. The van der Waals surface area contributed by atoms with Crippen LogP contribution in [0.25, 0.3) is 33.5 Å². The normalized spacial score (nSPS) is 10.8. The van der Waals surface area contributed by atoms with Crippen LogP contribution in [-0.4, -0.2) is 30.8 Å². The molecular weight excluding hydrogens is 316 g/mol. The van der Waals surface area contributed by atoms with Gasteiger partial charge in [0.25, 0.3) is 0 Å². The largest absolute Gasteiger partial charge is 0.351 e. The number of fused-ring (bicyclic) bond motifs is 1. The first-order valence-corrected chi connectivity index (χ1v) is 7.69. The molecule has 0 radical (unpaired) electrons. The summed E-state index contributed by atoms with van der Waals surface area (Å²) in [4.78, 5) is 31.8. The van der Waals surface area contributed by atoms with Crippen LogP contribution in [0.3, 0.4) is 0 Å². The molecule has 0 aliphatic heterocycles. The molecule has 0 saturated heterocycles. The second-order valence-electron chi connectivity index (χ2n) is 5.49. The van der Waals surface area contributed by atoms with Crippen LogP contribution in [0.4, 0.5) is 5.82 Å². The van der Waals surface area contributed by atoms with E-state index in [1.165, 1.54) is 13.3 Å². The molecule has 0 spiro atoms. The standard InChI is InChI=1S/C18H14N6O/c1-11(25)23-15-8-12(5-7-21-15)17-16(13-4-2-3-6-20-13)18-14(24-17)9-19-10-22-18/h2-10,24H,1H3,(H,21,23,25). The first-order chi connectivity index (χ1) is 12.2. The van der Waals surface area contributed by atoms with E-state index in [1.54, 1.807) is 18.6 Å². The number of carbonyl (C=O) groups is 1. The molecule has 2 N–H and O–H groups in total. The van der Waals surface area contributed by atoms with E-state index in [0.29, 0.717) is 5.82 Å². The van der Waals surface area contributed by atoms with E-state index in [9.17, 15) is 4.79 Å². The van der Waals surface area contributed by atoms with E-state index >= 15 is 0 Å². The molecule has 0 aliphatic carbocycles. The number of amides is 1. The highest BCUT2D eigenvalue weighted by molar-refractivity contribution is 6.00. The van der Waals surface area contributed by atoms with Crippen LogP contribution in [0, 0.1) is 0 Å². The van der Waals surface area contributed by atoms with Crippen LogP contribution in [-0.2, 0) is 4.79 Å². The Balaban J connectivity index is 1.95. The van der Waals surface area contributed by atoms with Crippen molar-refractivity contribution in [2.24, 2.45) is 0 Å². The lowest BCUT2D eigenvalue weighted by Crippen LogP contribution is -2.07. The smallest absolute Gasteiger partial charge is 0.222 e. The van der Waals surface area contributed by atoms with E-state index in [-0.39, 0.29) is 5.91 Å². The maximum atomic E-state index is 11.3. The third-order valence-corrected chi connectivity index (χ3v) is 3.73. The number of hydrogen-bond acceptors (Lipinski definition) is 5. The number of aromatic nitrogens is 5. The van der Waals surface area contributed by atoms with Gasteiger partial charge < -0.3 is 10.3 Å². The molecule has 0 aromatic carbocycles. The fourth-order valence-corrected chi connectivity index (χ4v) is 2.75. The van der Waals surface area contributed by atoms with Gasteiger partial charge in [0.05, 0.1) is 28.7 Å². The topological polar surface area (TPSA) is 96.5 Å². The van der Waals surface area contributed by atoms with Gasteiger partial charge in [0.1, 0.15) is 17.7 Å². The molecule has 0 bridgehead atoms. The Morgan fingerprint density at radius 3 is 2.84 bits per heavy atom. The molecule has 122 valence electrons. The average Bonchev–Trinajstić information content (AvgIpc) is 3.02. The van der Waals surface area contributed by atoms with Gasteiger partial charge in [0.2, 0.25) is 5.91 Å². The van der Waals surface area contributed by atoms with Gasteiger partial charge in [-0.3, -0.25) is 9.78 Å². The van der Waals surface area contributed by atoms with Gasteiger partial charge in [0, 0.05) is 24.9 Å². The predicted octanol–water partition coefficient (Wildman–Crippen LogP) is 3.04. The van der Waals surface area contributed by atoms with Gasteiger partial charge in [0.15, 0.2) is 0 Å². The van der Waals surface area contributed by atoms with Crippen LogP contribution in [0.15, 0.2) is 55.2 Å². The lowest BCUT2D eigenvalue weighted by atomic mass is 10.1. The van der Waals surface area contributed by atoms with Crippen molar-refractivity contribution >= 4 is 22.8 Å². The Bertz CT molecular complexity index is 1060. The van der Waals surface area contributed by atoms with Gasteiger partial charge in [-0.15, -0.1) is 0 Å². The predicted molar refractivity (Wildman–Crippen MR) is 94.7 cm³/mol. The van der Waals surface area contributed by atoms with Crippen molar-refractivity contribution in [3.63, 3.8) is 0 Å². The fraction of sp³-hybridized carbons (Fsp3) is 0.0556. The Labute approximate surface area is 143 Å². The first kappa shape index (κ1) is 14.9. The van der Waals surface area contributed by atoms with Gasteiger partial charge in [-0.25, -0.2) is 15.0 Å². The molecular formula is C18H14N6O. The zero-order valence-corrected chi connectivity index (χ0v) is 13.4. The zero-order valence-electron chi connectivity index (χ0n) is 13.4. The highest BCUT2D eigenvalue weighted by atomic mass is 16.1. The molecule has 0 aliphatic rings. The van der Waals surface area contributed by atoms with Gasteiger partial charge in [-0.05, 0) is 24.3 Å². The summed E-state index contributed by atoms with van der Waals surface area (Å²) in [7, 11) is 0. The van der Waals surface area contributed by atoms with E-state index in [2.05, 4.69) is 30.2 Å². The summed E-state index contributed by atoms with van der Waals surface area (Å²) in [6.07, 6.45) is 6.64. The van der Waals surface area contributed by atoms with Crippen LogP contribution in [0.1, 0.15) is 6.92 Å². The minimum atomic E-state index is -0.169. The van der Waals surface area contributed by atoms with Crippen LogP contribution < -0.4 is 5.32 Å². The number of pyridine rings is 2. The number of carbonyl (C=O) groups excluding carboxylic acids is 1. The van der Waals surface area contributed by atoms with E-state index in [0.717, 1.165) is 33.5 Å². The van der Waals surface area contributed by atoms with Crippen LogP contribution >= 0.6 is 0 Å². The van der Waals surface area contributed by atoms with Crippen molar-refractivity contribution in [1.29, 1.82) is 0 Å². The number of anilines is 1. The lowest BCUT2D eigenvalue weighted by molar-refractivity contribution is -0.114. The fourth-order valence-electron chi connectivity index (χ4n) is 2.75. The van der Waals surface area contributed by atoms with E-state index in [1.807, 2.05) is 30.3 Å². The molecule has 0 unspecified atom stereocenters. The summed E-state index contributed by atoms with van der Waals surface area (Å²) in [6.45, 7) is 1.45. The summed E-state index contributed by atoms with van der Waals surface area (Å²) >= 11 is 0. The second kappa shape index (κ2) is 6.12. The Hall–Kier alpha value is -3.61. The maximum absolute atomic E-state index is 11.3. The van der Waals surface area contributed by atoms with Gasteiger partial charge in [-0.1, -0.05) is 6.07 Å². The van der Waals surface area contributed by atoms with Crippen molar-refractivity contribution < 1.29 is 4.79 Å². The summed E-state index contributed by atoms with van der Waals surface area (Å²) in [6, 6.07) is 9.42. The maximum Gasteiger partial charge on any atom is 0.222 e. The number of hydrogen-bond donors (Lipinski definition) is 2. The number of aromatic amines is 1. The lowest BCUT2D eigenvalue weighted by Gasteiger charge is -2.06. The molecule has 1 amide bonds. The minimum absolute atomic E-state index is 0.169. The summed E-state index contributed by atoms with van der Waals surface area (Å²) in [5.74, 6) is 0.318. The zero-order chi connectivity index (χ0) is 17.2. The van der Waals surface area contributed by atoms with Crippen molar-refractivity contribution in [3.05, 3.63) is 55.2 Å². The second-order valence-corrected chi connectivity index (χ2v) is 5.49. The van der Waals surface area contributed by atoms with Crippen LogP contribution in [0.5, 0.6) is 0 Å². The molecule has 7 nitrogen and oxygen atoms in total. The number of rotatable bonds is 3. The first-order valence-electron chi connectivity index (χ1n) is 7.69. The Morgan fingerprint density at radius 2 is 2.04 bits per heavy atom. The van der Waals surface area contributed by atoms with Gasteiger partial charge >= 0.3 is 0 Å². The summed E-state index contributed by atoms with van der Waals surface area (Å²) < 4.78 is 0. The Morgan fingerprint density at radius 1 is 1.12 bits per heavy atom. The molecule has 4 rings (SSSR count). The van der Waals surface area contributed by atoms with Crippen molar-refractivity contribution in [2.75, 3.05) is 5.32 Å². The van der Waals surface area contributed by atoms with Gasteiger partial charge in [-0.2, -0.15) is 0 Å². The molecule has 7 heteroatoms. The Kier molecular flexibility index (Phi) is 3.66. The third kappa shape index (κ3) is 2.83. The van der Waals surface area contributed by atoms with Crippen molar-refractivity contribution in [1.82, 2.24) is 24.9 Å². The van der Waals surface area contributed by atoms with E-state index < -0.39 is 0 Å². The molecule has 0 saturated carbocycles. The quantitative estimate of drug-likeness (QED) is 0.602. The molecule has 0 fully saturated rings. The summed E-state index contributed by atoms with van der Waals surface area (Å²) in [5, 5.41) is 2.70. The van der Waals surface area contributed by atoms with E-state index in [4.69, 9.17) is 0 Å². The highest BCUT2D eigenvalue weighted by Gasteiger charge is 2.17. The summed E-state index contributed by atoms with van der Waals surface area (Å²) in [5.41, 5.74) is 5.02. The molecule has 0 atom stereocenters. The average molecular weight is 330 g/mol. The highest BCUT2D eigenvalue weighted by Crippen LogP contribution is 2.36. The van der Waals surface area contributed by atoms with Crippen molar-refractivity contribution in [3.8, 4) is 22.5 Å². The SMILES string of the molecule is CC(=O)Nc1cc(-c2[nH]c3cncnc3c2-c2ccccn2)ccn1. The number of nitrogens with zero attached hydrogens (tertiary/aromatic N) is 4. The molecule has 4 aromatic rings. The molecule has 4 heterocycles. The molecule has 25 heavy (non-hydrogen) atoms. The monoisotopic (exact) mass is 330 g/mol. The van der Waals surface area contributed by atoms with Crippen LogP contribution in [0.2, 0.25) is 0 Å².